The second-order valence-electron chi connectivity index (χ2n) is 9.65. The summed E-state index contributed by atoms with van der Waals surface area (Å²) in [6, 6.07) is 13.8. The minimum Gasteiger partial charge on any atom is -0.493 e. The van der Waals surface area contributed by atoms with Gasteiger partial charge in [-0.15, -0.1) is 0 Å². The molecule has 0 radical (unpaired) electrons. The zero-order valence-electron chi connectivity index (χ0n) is 22.7. The molecule has 39 heavy (non-hydrogen) atoms. The highest BCUT2D eigenvalue weighted by molar-refractivity contribution is 5.82. The minimum atomic E-state index is -0.113. The van der Waals surface area contributed by atoms with Gasteiger partial charge >= 0.3 is 0 Å². The van der Waals surface area contributed by atoms with E-state index < -0.39 is 0 Å². The Kier molecular flexibility index (Phi) is 7.72. The quantitative estimate of drug-likeness (QED) is 0.288. The van der Waals surface area contributed by atoms with E-state index >= 15 is 0 Å². The SMILES string of the molecule is COc1cc(Nc2nccc(N3CCCC(C(=O)NCc4ccc5[nH]c(C)cc5c4)C3)n2)cc(OC)c1OC. The van der Waals surface area contributed by atoms with Gasteiger partial charge in [0.1, 0.15) is 5.82 Å². The molecule has 1 saturated heterocycles. The number of ether oxygens (including phenoxy) is 3. The standard InChI is InChI=1S/C29H34N6O4/c1-18-12-21-13-19(7-8-23(21)32-18)16-31-28(36)20-6-5-11-35(17-20)26-9-10-30-29(34-26)33-22-14-24(37-2)27(39-4)25(15-22)38-3/h7-10,12-15,20,32H,5-6,11,16-17H2,1-4H3,(H,31,36)(H,30,33,34). The maximum absolute atomic E-state index is 13.1. The van der Waals surface area contributed by atoms with Gasteiger partial charge in [0, 0.05) is 54.9 Å². The Hall–Kier alpha value is -4.47. The van der Waals surface area contributed by atoms with E-state index in [9.17, 15) is 4.79 Å². The molecule has 1 unspecified atom stereocenters. The van der Waals surface area contributed by atoms with Crippen molar-refractivity contribution >= 4 is 34.3 Å². The van der Waals surface area contributed by atoms with Gasteiger partial charge in [0.2, 0.25) is 17.6 Å². The molecule has 10 nitrogen and oxygen atoms in total. The number of hydrogen-bond acceptors (Lipinski definition) is 8. The van der Waals surface area contributed by atoms with Crippen LogP contribution in [0.3, 0.4) is 0 Å². The number of carbonyl (C=O) groups is 1. The van der Waals surface area contributed by atoms with Crippen LogP contribution in [0.25, 0.3) is 10.9 Å². The zero-order chi connectivity index (χ0) is 27.4. The van der Waals surface area contributed by atoms with Crippen LogP contribution >= 0.6 is 0 Å². The van der Waals surface area contributed by atoms with E-state index in [0.29, 0.717) is 42.0 Å². The summed E-state index contributed by atoms with van der Waals surface area (Å²) in [6.45, 7) is 3.97. The number of nitrogens with one attached hydrogen (secondary N) is 3. The number of H-pyrrole nitrogens is 1. The third-order valence-electron chi connectivity index (χ3n) is 6.96. The van der Waals surface area contributed by atoms with Gasteiger partial charge < -0.3 is 34.7 Å². The first-order valence-electron chi connectivity index (χ1n) is 13.0. The summed E-state index contributed by atoms with van der Waals surface area (Å²) in [5.41, 5.74) is 4.01. The Bertz CT molecular complexity index is 1440. The number of nitrogens with zero attached hydrogens (tertiary/aromatic N) is 3. The predicted octanol–water partition coefficient (Wildman–Crippen LogP) is 4.57. The predicted molar refractivity (Wildman–Crippen MR) is 151 cm³/mol. The fourth-order valence-corrected chi connectivity index (χ4v) is 5.04. The van der Waals surface area contributed by atoms with Crippen molar-refractivity contribution in [3.05, 3.63) is 59.9 Å². The van der Waals surface area contributed by atoms with Gasteiger partial charge in [-0.25, -0.2) is 4.98 Å². The number of aromatic nitrogens is 3. The molecule has 4 aromatic rings. The number of benzene rings is 2. The van der Waals surface area contributed by atoms with Crippen molar-refractivity contribution in [2.45, 2.75) is 26.3 Å². The number of carbonyl (C=O) groups excluding carboxylic acids is 1. The van der Waals surface area contributed by atoms with Crippen LogP contribution in [0.2, 0.25) is 0 Å². The molecule has 2 aromatic heterocycles. The first-order chi connectivity index (χ1) is 19.0. The molecule has 5 rings (SSSR count). The summed E-state index contributed by atoms with van der Waals surface area (Å²) in [4.78, 5) is 27.6. The van der Waals surface area contributed by atoms with Gasteiger partial charge in [-0.05, 0) is 55.0 Å². The molecule has 1 aliphatic rings. The van der Waals surface area contributed by atoms with Crippen LogP contribution < -0.4 is 29.7 Å². The number of hydrogen-bond donors (Lipinski definition) is 3. The maximum atomic E-state index is 13.1. The van der Waals surface area contributed by atoms with Crippen molar-refractivity contribution in [1.82, 2.24) is 20.3 Å². The van der Waals surface area contributed by atoms with Crippen molar-refractivity contribution < 1.29 is 19.0 Å². The van der Waals surface area contributed by atoms with Crippen molar-refractivity contribution in [2.75, 3.05) is 44.6 Å². The first-order valence-corrected chi connectivity index (χ1v) is 13.0. The Morgan fingerprint density at radius 3 is 2.62 bits per heavy atom. The van der Waals surface area contributed by atoms with Crippen LogP contribution in [-0.2, 0) is 11.3 Å². The highest BCUT2D eigenvalue weighted by atomic mass is 16.5. The fraction of sp³-hybridized carbons (Fsp3) is 0.345. The largest absolute Gasteiger partial charge is 0.493 e. The van der Waals surface area contributed by atoms with E-state index in [1.54, 1.807) is 39.7 Å². The molecule has 3 N–H and O–H groups in total. The van der Waals surface area contributed by atoms with E-state index in [2.05, 4.69) is 49.8 Å². The number of aromatic amines is 1. The molecular weight excluding hydrogens is 496 g/mol. The van der Waals surface area contributed by atoms with Gasteiger partial charge in [0.15, 0.2) is 11.5 Å². The number of amides is 1. The lowest BCUT2D eigenvalue weighted by Crippen LogP contribution is -2.43. The molecule has 0 aliphatic carbocycles. The second-order valence-corrected chi connectivity index (χ2v) is 9.65. The normalized spacial score (nSPS) is 15.2. The number of fused-ring (bicyclic) bond motifs is 1. The number of aryl methyl sites for hydroxylation is 1. The van der Waals surface area contributed by atoms with Crippen molar-refractivity contribution in [3.8, 4) is 17.2 Å². The van der Waals surface area contributed by atoms with Crippen molar-refractivity contribution in [2.24, 2.45) is 5.92 Å². The number of rotatable bonds is 9. The molecule has 2 aromatic carbocycles. The summed E-state index contributed by atoms with van der Waals surface area (Å²) in [5.74, 6) is 2.73. The topological polar surface area (TPSA) is 114 Å². The van der Waals surface area contributed by atoms with Gasteiger partial charge in [0.05, 0.1) is 27.2 Å². The highest BCUT2D eigenvalue weighted by Gasteiger charge is 2.26. The first kappa shape index (κ1) is 26.1. The minimum absolute atomic E-state index is 0.0647. The van der Waals surface area contributed by atoms with Crippen molar-refractivity contribution in [1.29, 1.82) is 0 Å². The van der Waals surface area contributed by atoms with E-state index in [1.165, 1.54) is 0 Å². The molecule has 0 saturated carbocycles. The second kappa shape index (κ2) is 11.5. The summed E-state index contributed by atoms with van der Waals surface area (Å²) < 4.78 is 16.3. The van der Waals surface area contributed by atoms with Crippen LogP contribution in [0.1, 0.15) is 24.1 Å². The third-order valence-corrected chi connectivity index (χ3v) is 6.96. The molecule has 3 heterocycles. The average molecular weight is 531 g/mol. The number of piperidine rings is 1. The average Bonchev–Trinajstić information content (AvgIpc) is 3.34. The smallest absolute Gasteiger partial charge is 0.229 e. The molecule has 1 aliphatic heterocycles. The molecule has 1 amide bonds. The molecule has 0 spiro atoms. The molecule has 1 fully saturated rings. The fourth-order valence-electron chi connectivity index (χ4n) is 5.04. The maximum Gasteiger partial charge on any atom is 0.229 e. The van der Waals surface area contributed by atoms with Crippen LogP contribution in [0.4, 0.5) is 17.5 Å². The van der Waals surface area contributed by atoms with Crippen LogP contribution in [-0.4, -0.2) is 55.3 Å². The zero-order valence-corrected chi connectivity index (χ0v) is 22.7. The van der Waals surface area contributed by atoms with Crippen molar-refractivity contribution in [3.63, 3.8) is 0 Å². The number of anilines is 3. The molecular formula is C29H34N6O4. The summed E-state index contributed by atoms with van der Waals surface area (Å²) in [6.07, 6.45) is 3.47. The molecule has 10 heteroatoms. The molecule has 204 valence electrons. The lowest BCUT2D eigenvalue weighted by atomic mass is 9.97. The summed E-state index contributed by atoms with van der Waals surface area (Å²) >= 11 is 0. The van der Waals surface area contributed by atoms with E-state index in [0.717, 1.165) is 47.4 Å². The van der Waals surface area contributed by atoms with Crippen LogP contribution in [0.15, 0.2) is 48.7 Å². The van der Waals surface area contributed by atoms with E-state index in [4.69, 9.17) is 19.2 Å². The summed E-state index contributed by atoms with van der Waals surface area (Å²) in [7, 11) is 4.71. The van der Waals surface area contributed by atoms with Gasteiger partial charge in [-0.2, -0.15) is 4.98 Å². The van der Waals surface area contributed by atoms with Gasteiger partial charge in [0.25, 0.3) is 0 Å². The van der Waals surface area contributed by atoms with Crippen LogP contribution in [0.5, 0.6) is 17.2 Å². The number of methoxy groups -OCH3 is 3. The van der Waals surface area contributed by atoms with Crippen LogP contribution in [0, 0.1) is 12.8 Å². The third kappa shape index (κ3) is 5.84. The molecule has 0 bridgehead atoms. The Morgan fingerprint density at radius 1 is 1.08 bits per heavy atom. The Labute approximate surface area is 227 Å². The Morgan fingerprint density at radius 2 is 1.87 bits per heavy atom. The van der Waals surface area contributed by atoms with E-state index in [1.807, 2.05) is 13.0 Å². The van der Waals surface area contributed by atoms with E-state index in [-0.39, 0.29) is 11.8 Å². The monoisotopic (exact) mass is 530 g/mol. The molecule has 1 atom stereocenters. The van der Waals surface area contributed by atoms with Gasteiger partial charge in [-0.3, -0.25) is 4.79 Å². The van der Waals surface area contributed by atoms with Gasteiger partial charge in [-0.1, -0.05) is 6.07 Å². The Balaban J connectivity index is 1.23. The summed E-state index contributed by atoms with van der Waals surface area (Å²) in [5, 5.41) is 7.51. The highest BCUT2D eigenvalue weighted by Crippen LogP contribution is 2.40. The lowest BCUT2D eigenvalue weighted by molar-refractivity contribution is -0.125. The lowest BCUT2D eigenvalue weighted by Gasteiger charge is -2.33.